The van der Waals surface area contributed by atoms with Gasteiger partial charge in [0.2, 0.25) is 0 Å². The zero-order chi connectivity index (χ0) is 12.7. The van der Waals surface area contributed by atoms with E-state index in [1.54, 1.807) is 18.2 Å². The SMILES string of the molecule is Nc1cccc2c1Nc1ccc(F)cc1C(=O)N2. The first-order valence-corrected chi connectivity index (χ1v) is 5.41. The Kier molecular flexibility index (Phi) is 2.19. The first-order chi connectivity index (χ1) is 8.65. The normalized spacial score (nSPS) is 12.8. The van der Waals surface area contributed by atoms with Crippen molar-refractivity contribution in [3.63, 3.8) is 0 Å². The van der Waals surface area contributed by atoms with Gasteiger partial charge in [0.1, 0.15) is 5.82 Å². The fraction of sp³-hybridized carbons (Fsp3) is 0. The van der Waals surface area contributed by atoms with Crippen LogP contribution in [0, 0.1) is 5.82 Å². The zero-order valence-electron chi connectivity index (χ0n) is 9.33. The van der Waals surface area contributed by atoms with Crippen LogP contribution in [0.4, 0.5) is 27.1 Å². The van der Waals surface area contributed by atoms with E-state index in [2.05, 4.69) is 10.6 Å². The van der Waals surface area contributed by atoms with Gasteiger partial charge in [-0.3, -0.25) is 4.79 Å². The van der Waals surface area contributed by atoms with Crippen molar-refractivity contribution >= 4 is 28.7 Å². The van der Waals surface area contributed by atoms with Gasteiger partial charge in [0.15, 0.2) is 0 Å². The minimum absolute atomic E-state index is 0.255. The summed E-state index contributed by atoms with van der Waals surface area (Å²) in [6.07, 6.45) is 0. The van der Waals surface area contributed by atoms with Crippen LogP contribution >= 0.6 is 0 Å². The second-order valence-corrected chi connectivity index (χ2v) is 4.04. The molecule has 0 bridgehead atoms. The highest BCUT2D eigenvalue weighted by atomic mass is 19.1. The average Bonchev–Trinajstić information content (AvgIpc) is 2.48. The van der Waals surface area contributed by atoms with Crippen LogP contribution in [-0.2, 0) is 0 Å². The Hall–Kier alpha value is -2.56. The monoisotopic (exact) mass is 243 g/mol. The molecule has 0 unspecified atom stereocenters. The van der Waals surface area contributed by atoms with Gasteiger partial charge >= 0.3 is 0 Å². The lowest BCUT2D eigenvalue weighted by Crippen LogP contribution is -2.11. The molecule has 0 radical (unpaired) electrons. The van der Waals surface area contributed by atoms with Crippen LogP contribution in [0.2, 0.25) is 0 Å². The lowest BCUT2D eigenvalue weighted by atomic mass is 10.1. The van der Waals surface area contributed by atoms with Crippen molar-refractivity contribution in [3.05, 3.63) is 47.8 Å². The van der Waals surface area contributed by atoms with Crippen LogP contribution in [0.25, 0.3) is 0 Å². The van der Waals surface area contributed by atoms with Crippen LogP contribution in [0.3, 0.4) is 0 Å². The van der Waals surface area contributed by atoms with Gasteiger partial charge in [-0.1, -0.05) is 6.07 Å². The highest BCUT2D eigenvalue weighted by molar-refractivity contribution is 6.13. The minimum Gasteiger partial charge on any atom is -0.397 e. The quantitative estimate of drug-likeness (QED) is 0.623. The topological polar surface area (TPSA) is 67.1 Å². The number of hydrogen-bond donors (Lipinski definition) is 3. The number of halogens is 1. The van der Waals surface area contributed by atoms with Crippen molar-refractivity contribution in [2.24, 2.45) is 0 Å². The van der Waals surface area contributed by atoms with Gasteiger partial charge < -0.3 is 16.4 Å². The van der Waals surface area contributed by atoms with E-state index in [4.69, 9.17) is 5.73 Å². The first kappa shape index (κ1) is 10.6. The van der Waals surface area contributed by atoms with Crippen molar-refractivity contribution in [2.75, 3.05) is 16.4 Å². The molecule has 0 aromatic heterocycles. The number of carbonyl (C=O) groups excluding carboxylic acids is 1. The number of anilines is 4. The third kappa shape index (κ3) is 1.57. The summed E-state index contributed by atoms with van der Waals surface area (Å²) in [5.41, 5.74) is 8.36. The van der Waals surface area contributed by atoms with Crippen molar-refractivity contribution in [3.8, 4) is 0 Å². The molecule has 5 heteroatoms. The van der Waals surface area contributed by atoms with Gasteiger partial charge in [0.05, 0.1) is 28.3 Å². The maximum Gasteiger partial charge on any atom is 0.257 e. The number of fused-ring (bicyclic) bond motifs is 2. The van der Waals surface area contributed by atoms with Crippen LogP contribution < -0.4 is 16.4 Å². The summed E-state index contributed by atoms with van der Waals surface area (Å²) in [6, 6.07) is 9.22. The number of para-hydroxylation sites is 1. The summed E-state index contributed by atoms with van der Waals surface area (Å²) in [7, 11) is 0. The summed E-state index contributed by atoms with van der Waals surface area (Å²) < 4.78 is 13.2. The molecule has 2 aromatic carbocycles. The molecule has 4 N–H and O–H groups in total. The fourth-order valence-corrected chi connectivity index (χ4v) is 1.95. The lowest BCUT2D eigenvalue weighted by molar-refractivity contribution is 0.102. The first-order valence-electron chi connectivity index (χ1n) is 5.41. The molecule has 3 rings (SSSR count). The Morgan fingerprint density at radius 2 is 1.89 bits per heavy atom. The molecule has 18 heavy (non-hydrogen) atoms. The van der Waals surface area contributed by atoms with E-state index < -0.39 is 5.82 Å². The Bertz CT molecular complexity index is 655. The van der Waals surface area contributed by atoms with Gasteiger partial charge in [-0.15, -0.1) is 0 Å². The maximum absolute atomic E-state index is 13.2. The van der Waals surface area contributed by atoms with E-state index in [-0.39, 0.29) is 11.5 Å². The van der Waals surface area contributed by atoms with E-state index in [1.807, 2.05) is 0 Å². The molecule has 0 aliphatic carbocycles. The second kappa shape index (κ2) is 3.73. The molecule has 0 saturated carbocycles. The molecule has 1 aliphatic heterocycles. The number of nitrogen functional groups attached to an aromatic ring is 1. The summed E-state index contributed by atoms with van der Waals surface area (Å²) in [4.78, 5) is 12.0. The summed E-state index contributed by atoms with van der Waals surface area (Å²) in [5, 5.41) is 5.75. The van der Waals surface area contributed by atoms with E-state index in [1.165, 1.54) is 18.2 Å². The van der Waals surface area contributed by atoms with E-state index in [0.29, 0.717) is 22.7 Å². The number of carbonyl (C=O) groups is 1. The minimum atomic E-state index is -0.454. The van der Waals surface area contributed by atoms with Gasteiger partial charge in [0, 0.05) is 0 Å². The molecule has 0 atom stereocenters. The van der Waals surface area contributed by atoms with Gasteiger partial charge in [-0.2, -0.15) is 0 Å². The number of hydrogen-bond acceptors (Lipinski definition) is 3. The third-order valence-corrected chi connectivity index (χ3v) is 2.83. The molecule has 0 fully saturated rings. The van der Waals surface area contributed by atoms with E-state index in [9.17, 15) is 9.18 Å². The van der Waals surface area contributed by atoms with E-state index in [0.717, 1.165) is 0 Å². The van der Waals surface area contributed by atoms with Crippen LogP contribution in [-0.4, -0.2) is 5.91 Å². The van der Waals surface area contributed by atoms with Crippen LogP contribution in [0.1, 0.15) is 10.4 Å². The summed E-state index contributed by atoms with van der Waals surface area (Å²) in [5.74, 6) is -0.814. The van der Waals surface area contributed by atoms with E-state index >= 15 is 0 Å². The van der Waals surface area contributed by atoms with Crippen LogP contribution in [0.5, 0.6) is 0 Å². The predicted molar refractivity (Wildman–Crippen MR) is 68.5 cm³/mol. The number of rotatable bonds is 0. The van der Waals surface area contributed by atoms with Gasteiger partial charge in [0.25, 0.3) is 5.91 Å². The number of nitrogens with one attached hydrogen (secondary N) is 2. The molecular formula is C13H10FN3O. The molecule has 4 nitrogen and oxygen atoms in total. The predicted octanol–water partition coefficient (Wildman–Crippen LogP) is 2.72. The highest BCUT2D eigenvalue weighted by Crippen LogP contribution is 2.35. The largest absolute Gasteiger partial charge is 0.397 e. The Morgan fingerprint density at radius 3 is 2.72 bits per heavy atom. The summed E-state index contributed by atoms with van der Waals surface area (Å²) in [6.45, 7) is 0. The molecule has 90 valence electrons. The average molecular weight is 243 g/mol. The fourth-order valence-electron chi connectivity index (χ4n) is 1.95. The standard InChI is InChI=1S/C13H10FN3O/c14-7-4-5-10-8(6-7)13(18)17-11-3-1-2-9(15)12(11)16-10/h1-6,16H,15H2,(H,17,18). The third-order valence-electron chi connectivity index (χ3n) is 2.83. The zero-order valence-corrected chi connectivity index (χ0v) is 9.33. The van der Waals surface area contributed by atoms with Crippen LogP contribution in [0.15, 0.2) is 36.4 Å². The molecule has 1 amide bonds. The van der Waals surface area contributed by atoms with Crippen molar-refractivity contribution in [1.29, 1.82) is 0 Å². The highest BCUT2D eigenvalue weighted by Gasteiger charge is 2.20. The van der Waals surface area contributed by atoms with Crippen molar-refractivity contribution in [1.82, 2.24) is 0 Å². The molecular weight excluding hydrogens is 233 g/mol. The molecule has 0 saturated heterocycles. The van der Waals surface area contributed by atoms with Crippen molar-refractivity contribution < 1.29 is 9.18 Å². The Labute approximate surface area is 103 Å². The maximum atomic E-state index is 13.2. The molecule has 1 aliphatic rings. The number of nitrogens with two attached hydrogens (primary N) is 1. The second-order valence-electron chi connectivity index (χ2n) is 4.04. The molecule has 0 spiro atoms. The molecule has 2 aromatic rings. The summed E-state index contributed by atoms with van der Waals surface area (Å²) >= 11 is 0. The van der Waals surface area contributed by atoms with Gasteiger partial charge in [-0.05, 0) is 30.3 Å². The Morgan fingerprint density at radius 1 is 1.06 bits per heavy atom. The van der Waals surface area contributed by atoms with Gasteiger partial charge in [-0.25, -0.2) is 4.39 Å². The lowest BCUT2D eigenvalue weighted by Gasteiger charge is -2.10. The Balaban J connectivity index is 2.20. The number of benzene rings is 2. The smallest absolute Gasteiger partial charge is 0.257 e. The number of amides is 1. The molecule has 1 heterocycles. The van der Waals surface area contributed by atoms with Crippen molar-refractivity contribution in [2.45, 2.75) is 0 Å².